The molecule has 0 unspecified atom stereocenters. The number of pyridine rings is 2. The molecule has 0 bridgehead atoms. The van der Waals surface area contributed by atoms with Gasteiger partial charge >= 0.3 is 0 Å². The molecule has 4 aromatic rings. The van der Waals surface area contributed by atoms with Crippen molar-refractivity contribution in [2.45, 2.75) is 6.42 Å². The van der Waals surface area contributed by atoms with Crippen molar-refractivity contribution in [2.24, 2.45) is 0 Å². The highest BCUT2D eigenvalue weighted by molar-refractivity contribution is 5.90. The van der Waals surface area contributed by atoms with Crippen LogP contribution in [0.3, 0.4) is 0 Å². The smallest absolute Gasteiger partial charge is 0.163 e. The normalized spacial score (nSPS) is 10.8. The summed E-state index contributed by atoms with van der Waals surface area (Å²) in [6, 6.07) is 18.0. The fourth-order valence-corrected chi connectivity index (χ4v) is 2.91. The third-order valence-corrected chi connectivity index (χ3v) is 4.29. The Hall–Kier alpha value is -3.34. The van der Waals surface area contributed by atoms with Gasteiger partial charge in [-0.05, 0) is 36.4 Å². The molecule has 0 saturated heterocycles. The van der Waals surface area contributed by atoms with Gasteiger partial charge in [-0.2, -0.15) is 0 Å². The van der Waals surface area contributed by atoms with Gasteiger partial charge in [0, 0.05) is 55.2 Å². The second kappa shape index (κ2) is 7.27. The van der Waals surface area contributed by atoms with Gasteiger partial charge in [-0.1, -0.05) is 18.2 Å². The molecule has 0 fully saturated rings. The molecule has 128 valence electrons. The van der Waals surface area contributed by atoms with Gasteiger partial charge < -0.3 is 4.90 Å². The molecule has 0 radical (unpaired) electrons. The van der Waals surface area contributed by atoms with Crippen LogP contribution in [-0.2, 0) is 6.42 Å². The van der Waals surface area contributed by atoms with Gasteiger partial charge in [0.15, 0.2) is 5.82 Å². The highest BCUT2D eigenvalue weighted by Gasteiger charge is 2.13. The lowest BCUT2D eigenvalue weighted by molar-refractivity contribution is 0.841. The monoisotopic (exact) mass is 341 g/mol. The molecule has 5 nitrogen and oxygen atoms in total. The second-order valence-electron chi connectivity index (χ2n) is 6.12. The molecule has 0 spiro atoms. The predicted molar refractivity (Wildman–Crippen MR) is 104 cm³/mol. The Morgan fingerprint density at radius 2 is 1.77 bits per heavy atom. The molecule has 3 aromatic heterocycles. The van der Waals surface area contributed by atoms with Crippen molar-refractivity contribution in [1.29, 1.82) is 0 Å². The summed E-state index contributed by atoms with van der Waals surface area (Å²) >= 11 is 0. The van der Waals surface area contributed by atoms with Crippen molar-refractivity contribution < 1.29 is 0 Å². The van der Waals surface area contributed by atoms with E-state index in [1.807, 2.05) is 54.7 Å². The van der Waals surface area contributed by atoms with Crippen LogP contribution < -0.4 is 4.90 Å². The number of benzene rings is 1. The zero-order valence-electron chi connectivity index (χ0n) is 14.6. The first-order chi connectivity index (χ1) is 12.8. The van der Waals surface area contributed by atoms with Crippen LogP contribution >= 0.6 is 0 Å². The summed E-state index contributed by atoms with van der Waals surface area (Å²) in [5, 5.41) is 1.05. The molecule has 0 amide bonds. The molecule has 26 heavy (non-hydrogen) atoms. The lowest BCUT2D eigenvalue weighted by atomic mass is 10.2. The Kier molecular flexibility index (Phi) is 4.51. The van der Waals surface area contributed by atoms with E-state index in [9.17, 15) is 0 Å². The molecule has 0 saturated carbocycles. The van der Waals surface area contributed by atoms with Crippen LogP contribution in [0.2, 0.25) is 0 Å². The maximum atomic E-state index is 4.84. The third-order valence-electron chi connectivity index (χ3n) is 4.29. The SMILES string of the molecule is CN(CCc1ccccn1)c1nc(-c2cccnc2)nc2ccccc12. The minimum absolute atomic E-state index is 0.691. The van der Waals surface area contributed by atoms with Gasteiger partial charge in [-0.3, -0.25) is 9.97 Å². The Labute approximate surface area is 152 Å². The molecule has 0 aliphatic heterocycles. The first-order valence-corrected chi connectivity index (χ1v) is 8.59. The van der Waals surface area contributed by atoms with E-state index in [4.69, 9.17) is 9.97 Å². The van der Waals surface area contributed by atoms with Crippen molar-refractivity contribution in [3.05, 3.63) is 78.9 Å². The number of hydrogen-bond donors (Lipinski definition) is 0. The largest absolute Gasteiger partial charge is 0.359 e. The van der Waals surface area contributed by atoms with Crippen molar-refractivity contribution in [2.75, 3.05) is 18.5 Å². The maximum Gasteiger partial charge on any atom is 0.163 e. The Bertz CT molecular complexity index is 1000. The molecule has 0 aliphatic rings. The van der Waals surface area contributed by atoms with Crippen molar-refractivity contribution in [3.63, 3.8) is 0 Å². The van der Waals surface area contributed by atoms with E-state index in [0.717, 1.165) is 40.9 Å². The zero-order chi connectivity index (χ0) is 17.8. The second-order valence-corrected chi connectivity index (χ2v) is 6.12. The van der Waals surface area contributed by atoms with E-state index < -0.39 is 0 Å². The molecule has 0 N–H and O–H groups in total. The summed E-state index contributed by atoms with van der Waals surface area (Å²) in [6.07, 6.45) is 6.24. The molecular weight excluding hydrogens is 322 g/mol. The minimum atomic E-state index is 0.691. The van der Waals surface area contributed by atoms with Crippen molar-refractivity contribution >= 4 is 16.7 Å². The van der Waals surface area contributed by atoms with E-state index in [2.05, 4.69) is 28.0 Å². The van der Waals surface area contributed by atoms with Gasteiger partial charge in [0.05, 0.1) is 5.52 Å². The topological polar surface area (TPSA) is 54.8 Å². The van der Waals surface area contributed by atoms with Crippen LogP contribution in [0, 0.1) is 0 Å². The Morgan fingerprint density at radius 3 is 2.58 bits per heavy atom. The van der Waals surface area contributed by atoms with Crippen molar-refractivity contribution in [1.82, 2.24) is 19.9 Å². The molecule has 3 heterocycles. The van der Waals surface area contributed by atoms with Gasteiger partial charge in [-0.25, -0.2) is 9.97 Å². The number of para-hydroxylation sites is 1. The van der Waals surface area contributed by atoms with Crippen molar-refractivity contribution in [3.8, 4) is 11.4 Å². The van der Waals surface area contributed by atoms with Crippen LogP contribution in [-0.4, -0.2) is 33.5 Å². The average molecular weight is 341 g/mol. The third kappa shape index (κ3) is 3.37. The van der Waals surface area contributed by atoms with Gasteiger partial charge in [0.25, 0.3) is 0 Å². The molecule has 1 aromatic carbocycles. The standard InChI is InChI=1S/C21H19N5/c1-26(14-11-17-8-4-5-13-23-17)21-18-9-2-3-10-19(18)24-20(25-21)16-7-6-12-22-15-16/h2-10,12-13,15H,11,14H2,1H3. The predicted octanol–water partition coefficient (Wildman–Crippen LogP) is 3.77. The molecular formula is C21H19N5. The number of anilines is 1. The van der Waals surface area contributed by atoms with Gasteiger partial charge in [0.1, 0.15) is 5.82 Å². The lowest BCUT2D eigenvalue weighted by Gasteiger charge is -2.20. The first-order valence-electron chi connectivity index (χ1n) is 8.59. The van der Waals surface area contributed by atoms with E-state index in [0.29, 0.717) is 5.82 Å². The summed E-state index contributed by atoms with van der Waals surface area (Å²) in [5.41, 5.74) is 2.92. The summed E-state index contributed by atoms with van der Waals surface area (Å²) in [4.78, 5) is 20.3. The minimum Gasteiger partial charge on any atom is -0.359 e. The first kappa shape index (κ1) is 16.1. The van der Waals surface area contributed by atoms with E-state index in [1.165, 1.54) is 0 Å². The van der Waals surface area contributed by atoms with E-state index in [1.54, 1.807) is 12.4 Å². The summed E-state index contributed by atoms with van der Waals surface area (Å²) in [6.45, 7) is 0.824. The van der Waals surface area contributed by atoms with Gasteiger partial charge in [-0.15, -0.1) is 0 Å². The van der Waals surface area contributed by atoms with Crippen LogP contribution in [0.1, 0.15) is 5.69 Å². The number of aromatic nitrogens is 4. The summed E-state index contributed by atoms with van der Waals surface area (Å²) in [5.74, 6) is 1.61. The number of rotatable bonds is 5. The van der Waals surface area contributed by atoms with Gasteiger partial charge in [0.2, 0.25) is 0 Å². The zero-order valence-corrected chi connectivity index (χ0v) is 14.6. The average Bonchev–Trinajstić information content (AvgIpc) is 2.72. The lowest BCUT2D eigenvalue weighted by Crippen LogP contribution is -2.22. The number of likely N-dealkylation sites (N-methyl/N-ethyl adjacent to an activating group) is 1. The molecule has 0 atom stereocenters. The van der Waals surface area contributed by atoms with Crippen LogP contribution in [0.25, 0.3) is 22.3 Å². The highest BCUT2D eigenvalue weighted by Crippen LogP contribution is 2.26. The van der Waals surface area contributed by atoms with E-state index >= 15 is 0 Å². The van der Waals surface area contributed by atoms with E-state index in [-0.39, 0.29) is 0 Å². The van der Waals surface area contributed by atoms with Crippen LogP contribution in [0.4, 0.5) is 5.82 Å². The Morgan fingerprint density at radius 1 is 0.885 bits per heavy atom. The number of nitrogens with zero attached hydrogens (tertiary/aromatic N) is 5. The van der Waals surface area contributed by atoms with Crippen LogP contribution in [0.15, 0.2) is 73.2 Å². The number of hydrogen-bond acceptors (Lipinski definition) is 5. The number of fused-ring (bicyclic) bond motifs is 1. The summed E-state index contributed by atoms with van der Waals surface area (Å²) in [7, 11) is 2.06. The molecule has 0 aliphatic carbocycles. The fraction of sp³-hybridized carbons (Fsp3) is 0.143. The maximum absolute atomic E-state index is 4.84. The Balaban J connectivity index is 1.70. The molecule has 4 rings (SSSR count). The highest BCUT2D eigenvalue weighted by atomic mass is 15.2. The molecule has 5 heteroatoms. The quantitative estimate of drug-likeness (QED) is 0.553. The van der Waals surface area contributed by atoms with Crippen LogP contribution in [0.5, 0.6) is 0 Å². The fourth-order valence-electron chi connectivity index (χ4n) is 2.91. The summed E-state index contributed by atoms with van der Waals surface area (Å²) < 4.78 is 0.